The molecule has 178 valence electrons. The van der Waals surface area contributed by atoms with Gasteiger partial charge < -0.3 is 24.3 Å². The Kier molecular flexibility index (Phi) is 7.71. The summed E-state index contributed by atoms with van der Waals surface area (Å²) in [4.78, 5) is 39.2. The number of hydrogen-bond donors (Lipinski definition) is 1. The van der Waals surface area contributed by atoms with Crippen LogP contribution in [0.25, 0.3) is 6.08 Å². The number of thioether (sulfide) groups is 1. The fourth-order valence-electron chi connectivity index (χ4n) is 3.36. The van der Waals surface area contributed by atoms with Crippen molar-refractivity contribution in [3.05, 3.63) is 58.5 Å². The lowest BCUT2D eigenvalue weighted by atomic mass is 10.2. The first-order chi connectivity index (χ1) is 16.6. The van der Waals surface area contributed by atoms with Crippen LogP contribution in [0.3, 0.4) is 0 Å². The van der Waals surface area contributed by atoms with E-state index in [0.717, 1.165) is 22.2 Å². The first-order valence-corrected chi connectivity index (χ1v) is 11.6. The maximum absolute atomic E-state index is 12.7. The van der Waals surface area contributed by atoms with Gasteiger partial charge in [0.1, 0.15) is 12.4 Å². The van der Waals surface area contributed by atoms with Crippen LogP contribution < -0.4 is 19.5 Å². The quantitative estimate of drug-likeness (QED) is 0.405. The molecule has 1 saturated heterocycles. The van der Waals surface area contributed by atoms with E-state index in [9.17, 15) is 14.4 Å². The number of ether oxygens (including phenoxy) is 4. The van der Waals surface area contributed by atoms with Gasteiger partial charge in [-0.15, -0.1) is 0 Å². The van der Waals surface area contributed by atoms with E-state index in [4.69, 9.17) is 18.9 Å². The van der Waals surface area contributed by atoms with Crippen LogP contribution in [-0.2, 0) is 9.53 Å². The van der Waals surface area contributed by atoms with Gasteiger partial charge in [-0.2, -0.15) is 0 Å². The first kappa shape index (κ1) is 23.7. The lowest BCUT2D eigenvalue weighted by Crippen LogP contribution is -2.37. The summed E-state index contributed by atoms with van der Waals surface area (Å²) in [5, 5.41) is 2.36. The SMILES string of the molecule is CCOCCOc1ccccc1C(=O)NCCN1C(=O)S/C(=C/c2ccc3c(c2)OCO3)C1=O. The Morgan fingerprint density at radius 3 is 2.82 bits per heavy atom. The van der Waals surface area contributed by atoms with E-state index in [2.05, 4.69) is 5.32 Å². The van der Waals surface area contributed by atoms with Crippen LogP contribution in [0, 0.1) is 0 Å². The van der Waals surface area contributed by atoms with E-state index < -0.39 is 5.91 Å². The summed E-state index contributed by atoms with van der Waals surface area (Å²) >= 11 is 0.863. The molecule has 0 saturated carbocycles. The Morgan fingerprint density at radius 2 is 1.97 bits per heavy atom. The minimum Gasteiger partial charge on any atom is -0.490 e. The zero-order valence-corrected chi connectivity index (χ0v) is 19.4. The van der Waals surface area contributed by atoms with Gasteiger partial charge in [-0.25, -0.2) is 0 Å². The molecule has 10 heteroatoms. The average Bonchev–Trinajstić information content (AvgIpc) is 3.41. The maximum atomic E-state index is 12.7. The lowest BCUT2D eigenvalue weighted by Gasteiger charge is -2.14. The molecule has 0 aliphatic carbocycles. The number of para-hydroxylation sites is 1. The number of rotatable bonds is 10. The molecule has 2 aliphatic rings. The van der Waals surface area contributed by atoms with Crippen molar-refractivity contribution in [2.24, 2.45) is 0 Å². The molecule has 2 aliphatic heterocycles. The highest BCUT2D eigenvalue weighted by Gasteiger charge is 2.34. The van der Waals surface area contributed by atoms with Gasteiger partial charge in [-0.05, 0) is 54.6 Å². The summed E-state index contributed by atoms with van der Waals surface area (Å²) in [7, 11) is 0. The summed E-state index contributed by atoms with van der Waals surface area (Å²) in [5.41, 5.74) is 1.10. The van der Waals surface area contributed by atoms with Gasteiger partial charge >= 0.3 is 0 Å². The molecule has 4 rings (SSSR count). The van der Waals surface area contributed by atoms with Crippen LogP contribution >= 0.6 is 11.8 Å². The number of fused-ring (bicyclic) bond motifs is 1. The number of benzene rings is 2. The maximum Gasteiger partial charge on any atom is 0.293 e. The van der Waals surface area contributed by atoms with Crippen LogP contribution in [-0.4, -0.2) is 61.7 Å². The molecule has 9 nitrogen and oxygen atoms in total. The zero-order valence-electron chi connectivity index (χ0n) is 18.6. The molecule has 1 N–H and O–H groups in total. The summed E-state index contributed by atoms with van der Waals surface area (Å²) in [6.45, 7) is 3.56. The van der Waals surface area contributed by atoms with Crippen molar-refractivity contribution in [1.29, 1.82) is 0 Å². The van der Waals surface area contributed by atoms with Crippen molar-refractivity contribution in [3.63, 3.8) is 0 Å². The molecule has 1 fully saturated rings. The Balaban J connectivity index is 1.32. The predicted octanol–water partition coefficient (Wildman–Crippen LogP) is 3.30. The van der Waals surface area contributed by atoms with Gasteiger partial charge in [0.2, 0.25) is 6.79 Å². The van der Waals surface area contributed by atoms with E-state index in [1.54, 1.807) is 48.5 Å². The van der Waals surface area contributed by atoms with Crippen molar-refractivity contribution in [2.45, 2.75) is 6.92 Å². The smallest absolute Gasteiger partial charge is 0.293 e. The Labute approximate surface area is 201 Å². The Morgan fingerprint density at radius 1 is 1.15 bits per heavy atom. The summed E-state index contributed by atoms with van der Waals surface area (Å²) in [5.74, 6) is 0.925. The number of nitrogens with zero attached hydrogens (tertiary/aromatic N) is 1. The third-order valence-corrected chi connectivity index (χ3v) is 5.92. The fraction of sp³-hybridized carbons (Fsp3) is 0.292. The van der Waals surface area contributed by atoms with Gasteiger partial charge in [0.15, 0.2) is 11.5 Å². The minimum atomic E-state index is -0.401. The highest BCUT2D eigenvalue weighted by molar-refractivity contribution is 8.18. The van der Waals surface area contributed by atoms with Crippen molar-refractivity contribution >= 4 is 34.9 Å². The van der Waals surface area contributed by atoms with Gasteiger partial charge in [-0.3, -0.25) is 19.3 Å². The van der Waals surface area contributed by atoms with Crippen molar-refractivity contribution < 1.29 is 33.3 Å². The monoisotopic (exact) mass is 484 g/mol. The van der Waals surface area contributed by atoms with E-state index >= 15 is 0 Å². The number of nitrogens with one attached hydrogen (secondary N) is 1. The highest BCUT2D eigenvalue weighted by Crippen LogP contribution is 2.36. The van der Waals surface area contributed by atoms with Crippen molar-refractivity contribution in [2.75, 3.05) is 39.7 Å². The number of hydrogen-bond acceptors (Lipinski definition) is 8. The molecule has 0 bridgehead atoms. The number of carbonyl (C=O) groups is 3. The van der Waals surface area contributed by atoms with Crippen LogP contribution in [0.2, 0.25) is 0 Å². The van der Waals surface area contributed by atoms with E-state index in [0.29, 0.717) is 47.5 Å². The number of imide groups is 1. The highest BCUT2D eigenvalue weighted by atomic mass is 32.2. The molecule has 0 aromatic heterocycles. The largest absolute Gasteiger partial charge is 0.490 e. The molecule has 3 amide bonds. The number of amides is 3. The summed E-state index contributed by atoms with van der Waals surface area (Å²) < 4.78 is 21.5. The van der Waals surface area contributed by atoms with Gasteiger partial charge in [0.05, 0.1) is 17.1 Å². The minimum absolute atomic E-state index is 0.0578. The Bertz CT molecular complexity index is 1120. The molecule has 0 unspecified atom stereocenters. The van der Waals surface area contributed by atoms with Crippen LogP contribution in [0.4, 0.5) is 4.79 Å². The average molecular weight is 485 g/mol. The third-order valence-electron chi connectivity index (χ3n) is 5.01. The zero-order chi connectivity index (χ0) is 23.9. The van der Waals surface area contributed by atoms with Gasteiger partial charge in [-0.1, -0.05) is 18.2 Å². The molecular formula is C24H24N2O7S. The second-order valence-corrected chi connectivity index (χ2v) is 8.24. The van der Waals surface area contributed by atoms with Gasteiger partial charge in [0.25, 0.3) is 17.1 Å². The first-order valence-electron chi connectivity index (χ1n) is 10.8. The number of carbonyl (C=O) groups excluding carboxylic acids is 3. The van der Waals surface area contributed by atoms with Crippen LogP contribution in [0.1, 0.15) is 22.8 Å². The van der Waals surface area contributed by atoms with E-state index in [1.165, 1.54) is 0 Å². The molecule has 34 heavy (non-hydrogen) atoms. The van der Waals surface area contributed by atoms with Crippen LogP contribution in [0.15, 0.2) is 47.4 Å². The summed E-state index contributed by atoms with van der Waals surface area (Å²) in [6.07, 6.45) is 1.64. The molecule has 2 aromatic carbocycles. The Hall–Kier alpha value is -3.50. The van der Waals surface area contributed by atoms with Gasteiger partial charge in [0, 0.05) is 19.7 Å². The van der Waals surface area contributed by atoms with E-state index in [1.807, 2.05) is 6.92 Å². The van der Waals surface area contributed by atoms with Crippen molar-refractivity contribution in [1.82, 2.24) is 10.2 Å². The molecule has 2 aromatic rings. The molecular weight excluding hydrogens is 460 g/mol. The predicted molar refractivity (Wildman–Crippen MR) is 126 cm³/mol. The molecule has 0 spiro atoms. The second kappa shape index (κ2) is 11.1. The normalized spacial score (nSPS) is 15.8. The second-order valence-electron chi connectivity index (χ2n) is 7.24. The standard InChI is InChI=1S/C24H24N2O7S/c1-2-30-11-12-31-18-6-4-3-5-17(18)22(27)25-9-10-26-23(28)21(34-24(26)29)14-16-7-8-19-20(13-16)33-15-32-19/h3-8,13-14H,2,9-12,15H2,1H3,(H,25,27)/b21-14+. The third kappa shape index (κ3) is 5.52. The molecule has 2 heterocycles. The molecule has 0 atom stereocenters. The topological polar surface area (TPSA) is 103 Å². The van der Waals surface area contributed by atoms with E-state index in [-0.39, 0.29) is 31.0 Å². The summed E-state index contributed by atoms with van der Waals surface area (Å²) in [6, 6.07) is 12.2. The van der Waals surface area contributed by atoms with Crippen molar-refractivity contribution in [3.8, 4) is 17.2 Å². The van der Waals surface area contributed by atoms with Crippen LogP contribution in [0.5, 0.6) is 17.2 Å². The molecule has 0 radical (unpaired) electrons. The fourth-order valence-corrected chi connectivity index (χ4v) is 4.22. The lowest BCUT2D eigenvalue weighted by molar-refractivity contribution is -0.122.